The fourth-order valence-corrected chi connectivity index (χ4v) is 13.4. The van der Waals surface area contributed by atoms with E-state index >= 15 is 4.79 Å². The van der Waals surface area contributed by atoms with Crippen LogP contribution < -0.4 is 10.1 Å². The van der Waals surface area contributed by atoms with Gasteiger partial charge in [0.15, 0.2) is 23.7 Å². The lowest BCUT2D eigenvalue weighted by atomic mass is 9.49. The number of fused-ring (bicyclic) bond motifs is 6. The van der Waals surface area contributed by atoms with Crippen LogP contribution in [0.3, 0.4) is 0 Å². The molecule has 2 heterocycles. The molecule has 2 aromatic rings. The maximum atomic E-state index is 15.0. The fraction of sp³-hybridized carbons (Fsp3) is 0.643. The van der Waals surface area contributed by atoms with Crippen LogP contribution in [0.5, 0.6) is 11.5 Å². The summed E-state index contributed by atoms with van der Waals surface area (Å²) in [5.74, 6) is -2.63. The Morgan fingerprint density at radius 2 is 1.80 bits per heavy atom. The van der Waals surface area contributed by atoms with Gasteiger partial charge in [-0.15, -0.1) is 0 Å². The van der Waals surface area contributed by atoms with Crippen LogP contribution in [0.1, 0.15) is 114 Å². The van der Waals surface area contributed by atoms with E-state index in [0.717, 1.165) is 42.4 Å². The zero-order chi connectivity index (χ0) is 50.1. The number of aliphatic hydroxyl groups is 6. The quantitative estimate of drug-likeness (QED) is 0.0545. The highest BCUT2D eigenvalue weighted by Gasteiger charge is 2.60. The Hall–Kier alpha value is -4.12. The number of methoxy groups -OCH3 is 1. The van der Waals surface area contributed by atoms with Gasteiger partial charge in [0.25, 0.3) is 0 Å². The Morgan fingerprint density at radius 1 is 1.00 bits per heavy atom. The molecule has 8 N–H and O–H groups in total. The molecule has 2 aliphatic heterocycles. The van der Waals surface area contributed by atoms with Crippen molar-refractivity contribution in [3.63, 3.8) is 0 Å². The third kappa shape index (κ3) is 10.8. The number of nitrogens with one attached hydrogen (secondary N) is 1. The Bertz CT molecular complexity index is 2260. The minimum atomic E-state index is -2.36. The molecule has 5 aliphatic carbocycles. The molecular weight excluding hydrogens is 895 g/mol. The minimum Gasteiger partial charge on any atom is -0.504 e. The van der Waals surface area contributed by atoms with Crippen LogP contribution in [0.4, 0.5) is 0 Å². The highest BCUT2D eigenvalue weighted by atomic mass is 16.7. The number of rotatable bonds is 17. The van der Waals surface area contributed by atoms with Crippen LogP contribution in [0.25, 0.3) is 6.08 Å². The minimum absolute atomic E-state index is 0.0169. The number of esters is 2. The molecule has 0 unspecified atom stereocenters. The van der Waals surface area contributed by atoms with Gasteiger partial charge < -0.3 is 60.0 Å². The summed E-state index contributed by atoms with van der Waals surface area (Å²) in [6, 6.07) is 9.91. The first-order valence-electron chi connectivity index (χ1n) is 25.8. The summed E-state index contributed by atoms with van der Waals surface area (Å²) in [4.78, 5) is 29.4. The number of ether oxygens (including phenoxy) is 4. The predicted molar refractivity (Wildman–Crippen MR) is 262 cm³/mol. The van der Waals surface area contributed by atoms with Crippen molar-refractivity contribution < 1.29 is 64.3 Å². The molecule has 9 rings (SSSR count). The van der Waals surface area contributed by atoms with Crippen molar-refractivity contribution in [3.05, 3.63) is 88.5 Å². The van der Waals surface area contributed by atoms with Crippen LogP contribution >= 0.6 is 0 Å². The first kappa shape index (κ1) is 52.2. The first-order chi connectivity index (χ1) is 33.5. The van der Waals surface area contributed by atoms with Gasteiger partial charge in [-0.25, -0.2) is 4.79 Å². The SMILES string of the molecule is COc1cc(/C=C(\C[C@H]2c3cc(CCO)ccc3CC[C@H]2CO)C(=O)O[C@@H]2[C@H](OC(=O)CC[C@H]3C[C@@H](C)C[C@H]4CC[C@@H](C(C)C)[C@H]5C=C[C@]43C[C@@H]5O)[C@@H](O)[C@H]3O[C@]2(O)C=C[C@H]3NC[C@H](C)O)ccc1O. The van der Waals surface area contributed by atoms with Crippen molar-refractivity contribution >= 4 is 18.0 Å². The van der Waals surface area contributed by atoms with Crippen LogP contribution in [0, 0.1) is 46.8 Å². The van der Waals surface area contributed by atoms with Gasteiger partial charge in [-0.2, -0.15) is 0 Å². The molecule has 384 valence electrons. The topological polar surface area (TPSA) is 225 Å². The summed E-state index contributed by atoms with van der Waals surface area (Å²) in [7, 11) is 1.41. The lowest BCUT2D eigenvalue weighted by molar-refractivity contribution is -0.333. The fourth-order valence-electron chi connectivity index (χ4n) is 13.4. The van der Waals surface area contributed by atoms with E-state index in [0.29, 0.717) is 61.3 Å². The normalized spacial score (nSPS) is 36.1. The summed E-state index contributed by atoms with van der Waals surface area (Å²) >= 11 is 0. The Morgan fingerprint density at radius 3 is 2.51 bits per heavy atom. The Labute approximate surface area is 412 Å². The zero-order valence-electron chi connectivity index (χ0n) is 41.5. The monoisotopic (exact) mass is 972 g/mol. The van der Waals surface area contributed by atoms with Crippen LogP contribution in [-0.4, -0.2) is 123 Å². The van der Waals surface area contributed by atoms with Crippen molar-refractivity contribution in [2.75, 3.05) is 26.9 Å². The van der Waals surface area contributed by atoms with Gasteiger partial charge in [0, 0.05) is 37.7 Å². The standard InChI is InChI=1S/C56H77NO13/c1-31(2)41-13-11-39-22-32(3)23-40(55(39)19-16-42(41)47(62)28-55)12-15-49(63)68-52-50(64)51-45(57-29-33(4)60)17-20-56(66,70-51)53(52)69-54(65)38(24-35-7-14-46(61)48(26-35)67-5)27-44-37(30-59)10-9-36-8-6-34(18-21-58)25-43(36)44/h6-8,14,16-17,19-20,24-26,31-33,37,39-42,44-45,47,50-53,57-62,64,66H,9-13,15,18,21-23,27-30H2,1-5H3/b38-24+/t32-,33-,37-,39+,40-,41-,42+,44+,45+,47-,50-,51-,52+,53+,55-,56+/m0/s1. The summed E-state index contributed by atoms with van der Waals surface area (Å²) in [5.41, 5.74) is 3.25. The first-order valence-corrected chi connectivity index (χ1v) is 25.8. The van der Waals surface area contributed by atoms with E-state index in [9.17, 15) is 40.5 Å². The number of hydrogen-bond acceptors (Lipinski definition) is 14. The molecule has 4 bridgehead atoms. The van der Waals surface area contributed by atoms with Gasteiger partial charge >= 0.3 is 11.9 Å². The third-order valence-electron chi connectivity index (χ3n) is 17.0. The lowest BCUT2D eigenvalue weighted by Gasteiger charge is -2.56. The molecule has 3 fully saturated rings. The number of carbonyl (C=O) groups excluding carboxylic acids is 2. The zero-order valence-corrected chi connectivity index (χ0v) is 41.5. The van der Waals surface area contributed by atoms with Crippen molar-refractivity contribution in [2.24, 2.45) is 46.8 Å². The van der Waals surface area contributed by atoms with E-state index in [2.05, 4.69) is 38.2 Å². The molecule has 0 radical (unpaired) electrons. The lowest BCUT2D eigenvalue weighted by Crippen LogP contribution is -2.71. The van der Waals surface area contributed by atoms with Crippen molar-refractivity contribution in [3.8, 4) is 11.5 Å². The van der Waals surface area contributed by atoms with Gasteiger partial charge in [-0.1, -0.05) is 63.3 Å². The van der Waals surface area contributed by atoms with E-state index in [1.165, 1.54) is 19.3 Å². The molecule has 7 aliphatic rings. The van der Waals surface area contributed by atoms with E-state index in [1.54, 1.807) is 31.2 Å². The van der Waals surface area contributed by atoms with E-state index in [1.807, 2.05) is 18.2 Å². The largest absolute Gasteiger partial charge is 0.504 e. The number of phenols is 1. The number of aliphatic hydroxyl groups excluding tert-OH is 5. The highest BCUT2D eigenvalue weighted by Crippen LogP contribution is 2.59. The molecule has 16 atom stereocenters. The van der Waals surface area contributed by atoms with E-state index in [4.69, 9.17) is 18.9 Å². The smallest absolute Gasteiger partial charge is 0.334 e. The summed E-state index contributed by atoms with van der Waals surface area (Å²) in [6.07, 6.45) is 8.79. The van der Waals surface area contributed by atoms with Gasteiger partial charge in [0.2, 0.25) is 5.79 Å². The molecule has 2 saturated carbocycles. The van der Waals surface area contributed by atoms with Crippen LogP contribution in [-0.2, 0) is 36.6 Å². The second kappa shape index (κ2) is 21.9. The summed E-state index contributed by atoms with van der Waals surface area (Å²) in [5, 5.41) is 80.5. The molecule has 0 aromatic heterocycles. The number of hydrogen-bond donors (Lipinski definition) is 8. The third-order valence-corrected chi connectivity index (χ3v) is 17.0. The van der Waals surface area contributed by atoms with Crippen LogP contribution in [0.2, 0.25) is 0 Å². The molecule has 14 nitrogen and oxygen atoms in total. The number of phenolic OH excluding ortho intramolecular Hbond substituents is 1. The second-order valence-corrected chi connectivity index (χ2v) is 22.0. The van der Waals surface area contributed by atoms with Gasteiger partial charge in [-0.3, -0.25) is 4.79 Å². The number of aromatic hydroxyl groups is 1. The second-order valence-electron chi connectivity index (χ2n) is 22.0. The Kier molecular flexibility index (Phi) is 16.4. The van der Waals surface area contributed by atoms with E-state index < -0.39 is 60.4 Å². The van der Waals surface area contributed by atoms with Gasteiger partial charge in [-0.05, 0) is 165 Å². The molecule has 1 spiro atoms. The van der Waals surface area contributed by atoms with Gasteiger partial charge in [0.05, 0.1) is 25.4 Å². The van der Waals surface area contributed by atoms with Crippen LogP contribution in [0.15, 0.2) is 66.3 Å². The molecule has 70 heavy (non-hydrogen) atoms. The summed E-state index contributed by atoms with van der Waals surface area (Å²) in [6.45, 7) is 8.28. The molecule has 14 heteroatoms. The molecule has 0 amide bonds. The molecule has 1 saturated heterocycles. The van der Waals surface area contributed by atoms with Crippen molar-refractivity contribution in [2.45, 2.75) is 153 Å². The van der Waals surface area contributed by atoms with Crippen molar-refractivity contribution in [1.82, 2.24) is 5.32 Å². The maximum absolute atomic E-state index is 15.0. The number of allylic oxidation sites excluding steroid dienone is 1. The molecular formula is C56H77NO13. The predicted octanol–water partition coefficient (Wildman–Crippen LogP) is 5.66. The molecule has 2 aromatic carbocycles. The summed E-state index contributed by atoms with van der Waals surface area (Å²) < 4.78 is 24.1. The number of benzene rings is 2. The van der Waals surface area contributed by atoms with Crippen molar-refractivity contribution in [1.29, 1.82) is 0 Å². The van der Waals surface area contributed by atoms with E-state index in [-0.39, 0.29) is 78.8 Å². The number of carbonyl (C=O) groups is 2. The average Bonchev–Trinajstić information content (AvgIpc) is 3.32. The average molecular weight is 972 g/mol. The Balaban J connectivity index is 1.10. The number of aryl methyl sites for hydroxylation is 1. The highest BCUT2D eigenvalue weighted by molar-refractivity contribution is 5.94. The maximum Gasteiger partial charge on any atom is 0.334 e. The van der Waals surface area contributed by atoms with Gasteiger partial charge in [0.1, 0.15) is 12.2 Å².